The second-order valence-corrected chi connectivity index (χ2v) is 6.57. The van der Waals surface area contributed by atoms with Crippen molar-refractivity contribution >= 4 is 28.1 Å². The molecule has 0 spiro atoms. The molecule has 1 aromatic carbocycles. The molecule has 1 amide bonds. The maximum atomic E-state index is 11.9. The molecule has 2 aromatic rings. The Kier molecular flexibility index (Phi) is 6.43. The highest BCUT2D eigenvalue weighted by molar-refractivity contribution is 7.13. The fourth-order valence-corrected chi connectivity index (χ4v) is 2.74. The Bertz CT molecular complexity index is 685. The number of anilines is 2. The maximum absolute atomic E-state index is 11.9. The number of amides is 1. The summed E-state index contributed by atoms with van der Waals surface area (Å²) < 4.78 is 10.6. The average molecular weight is 349 g/mol. The first-order valence-electron chi connectivity index (χ1n) is 7.72. The van der Waals surface area contributed by atoms with Gasteiger partial charge in [0, 0.05) is 18.0 Å². The third-order valence-electron chi connectivity index (χ3n) is 3.25. The van der Waals surface area contributed by atoms with Crippen LogP contribution in [0.1, 0.15) is 19.5 Å². The first-order valence-corrected chi connectivity index (χ1v) is 8.60. The largest absolute Gasteiger partial charge is 0.497 e. The first-order chi connectivity index (χ1) is 11.5. The van der Waals surface area contributed by atoms with Crippen LogP contribution in [0.2, 0.25) is 0 Å². The number of thiazole rings is 1. The number of carbonyl (C=O) groups is 1. The summed E-state index contributed by atoms with van der Waals surface area (Å²) in [5.74, 6) is 1.84. The molecule has 0 unspecified atom stereocenters. The summed E-state index contributed by atoms with van der Waals surface area (Å²) in [6.07, 6.45) is 0.278. The third kappa shape index (κ3) is 5.13. The molecular formula is C17H23N3O3S. The number of methoxy groups -OCH3 is 2. The molecule has 7 heteroatoms. The third-order valence-corrected chi connectivity index (χ3v) is 4.06. The van der Waals surface area contributed by atoms with Crippen LogP contribution >= 0.6 is 11.3 Å². The molecule has 130 valence electrons. The van der Waals surface area contributed by atoms with E-state index in [2.05, 4.69) is 29.5 Å². The second-order valence-electron chi connectivity index (χ2n) is 5.71. The van der Waals surface area contributed by atoms with Gasteiger partial charge in [0.2, 0.25) is 5.91 Å². The van der Waals surface area contributed by atoms with Crippen molar-refractivity contribution in [1.82, 2.24) is 10.3 Å². The van der Waals surface area contributed by atoms with Crippen molar-refractivity contribution in [3.8, 4) is 11.5 Å². The van der Waals surface area contributed by atoms with Gasteiger partial charge >= 0.3 is 0 Å². The fourth-order valence-electron chi connectivity index (χ4n) is 2.02. The Morgan fingerprint density at radius 3 is 2.75 bits per heavy atom. The molecule has 6 nitrogen and oxygen atoms in total. The van der Waals surface area contributed by atoms with Gasteiger partial charge in [0.1, 0.15) is 11.5 Å². The van der Waals surface area contributed by atoms with Crippen molar-refractivity contribution in [3.63, 3.8) is 0 Å². The lowest BCUT2D eigenvalue weighted by atomic mass is 10.2. The highest BCUT2D eigenvalue weighted by Gasteiger charge is 2.11. The van der Waals surface area contributed by atoms with Gasteiger partial charge in [0.15, 0.2) is 5.13 Å². The Balaban J connectivity index is 2.02. The zero-order valence-electron chi connectivity index (χ0n) is 14.4. The van der Waals surface area contributed by atoms with Crippen LogP contribution in [0.3, 0.4) is 0 Å². The molecule has 24 heavy (non-hydrogen) atoms. The quantitative estimate of drug-likeness (QED) is 0.765. The van der Waals surface area contributed by atoms with Crippen molar-refractivity contribution in [2.45, 2.75) is 20.3 Å². The van der Waals surface area contributed by atoms with Crippen molar-refractivity contribution in [3.05, 3.63) is 29.3 Å². The maximum Gasteiger partial charge on any atom is 0.226 e. The van der Waals surface area contributed by atoms with Crippen LogP contribution in [0.4, 0.5) is 10.8 Å². The molecule has 0 saturated carbocycles. The van der Waals surface area contributed by atoms with Gasteiger partial charge in [0.05, 0.1) is 32.0 Å². The normalized spacial score (nSPS) is 10.5. The number of aromatic nitrogens is 1. The number of nitrogens with zero attached hydrogens (tertiary/aromatic N) is 1. The summed E-state index contributed by atoms with van der Waals surface area (Å²) in [5, 5.41) is 8.69. The monoisotopic (exact) mass is 349 g/mol. The van der Waals surface area contributed by atoms with E-state index < -0.39 is 0 Å². The molecule has 2 N–H and O–H groups in total. The van der Waals surface area contributed by atoms with Crippen molar-refractivity contribution < 1.29 is 14.3 Å². The number of nitrogens with one attached hydrogen (secondary N) is 2. The Hall–Kier alpha value is -2.28. The summed E-state index contributed by atoms with van der Waals surface area (Å²) in [7, 11) is 3.22. The summed E-state index contributed by atoms with van der Waals surface area (Å²) >= 11 is 1.44. The van der Waals surface area contributed by atoms with Gasteiger partial charge in [-0.1, -0.05) is 13.8 Å². The van der Waals surface area contributed by atoms with Crippen LogP contribution in [-0.2, 0) is 11.2 Å². The van der Waals surface area contributed by atoms with Gasteiger partial charge in [-0.05, 0) is 18.1 Å². The highest BCUT2D eigenvalue weighted by Crippen LogP contribution is 2.32. The predicted molar refractivity (Wildman–Crippen MR) is 96.5 cm³/mol. The van der Waals surface area contributed by atoms with Crippen LogP contribution in [0.5, 0.6) is 11.5 Å². The van der Waals surface area contributed by atoms with Crippen molar-refractivity contribution in [2.24, 2.45) is 5.92 Å². The molecule has 0 bridgehead atoms. The molecule has 0 aliphatic heterocycles. The van der Waals surface area contributed by atoms with Crippen LogP contribution in [-0.4, -0.2) is 31.7 Å². The smallest absolute Gasteiger partial charge is 0.226 e. The molecule has 0 atom stereocenters. The van der Waals surface area contributed by atoms with Crippen LogP contribution in [0.25, 0.3) is 0 Å². The standard InChI is InChI=1S/C17H23N3O3S/c1-11(2)9-18-16(21)7-12-10-24-17(19-12)20-14-8-13(22-3)5-6-15(14)23-4/h5-6,8,10-11H,7,9H2,1-4H3,(H,18,21)(H,19,20). The topological polar surface area (TPSA) is 72.5 Å². The molecule has 1 aromatic heterocycles. The van der Waals surface area contributed by atoms with E-state index in [0.29, 0.717) is 23.3 Å². The van der Waals surface area contributed by atoms with E-state index in [4.69, 9.17) is 9.47 Å². The molecular weight excluding hydrogens is 326 g/mol. The van der Waals surface area contributed by atoms with Crippen LogP contribution in [0, 0.1) is 5.92 Å². The van der Waals surface area contributed by atoms with Gasteiger partial charge in [-0.3, -0.25) is 4.79 Å². The zero-order valence-corrected chi connectivity index (χ0v) is 15.2. The highest BCUT2D eigenvalue weighted by atomic mass is 32.1. The van der Waals surface area contributed by atoms with Crippen molar-refractivity contribution in [2.75, 3.05) is 26.1 Å². The number of ether oxygens (including phenoxy) is 2. The van der Waals surface area contributed by atoms with E-state index in [-0.39, 0.29) is 12.3 Å². The van der Waals surface area contributed by atoms with E-state index in [9.17, 15) is 4.79 Å². The van der Waals surface area contributed by atoms with Crippen LogP contribution in [0.15, 0.2) is 23.6 Å². The van der Waals surface area contributed by atoms with E-state index in [1.54, 1.807) is 14.2 Å². The van der Waals surface area contributed by atoms with Gasteiger partial charge in [-0.2, -0.15) is 0 Å². The average Bonchev–Trinajstić information content (AvgIpc) is 2.99. The Morgan fingerprint density at radius 1 is 1.29 bits per heavy atom. The van der Waals surface area contributed by atoms with E-state index >= 15 is 0 Å². The number of rotatable bonds is 8. The zero-order chi connectivity index (χ0) is 17.5. The lowest BCUT2D eigenvalue weighted by Crippen LogP contribution is -2.28. The molecule has 0 radical (unpaired) electrons. The van der Waals surface area contributed by atoms with Gasteiger partial charge < -0.3 is 20.1 Å². The Morgan fingerprint density at radius 2 is 2.08 bits per heavy atom. The summed E-state index contributed by atoms with van der Waals surface area (Å²) in [4.78, 5) is 16.3. The van der Waals surface area contributed by atoms with E-state index in [1.807, 2.05) is 23.6 Å². The van der Waals surface area contributed by atoms with Crippen LogP contribution < -0.4 is 20.1 Å². The molecule has 0 saturated heterocycles. The molecule has 1 heterocycles. The lowest BCUT2D eigenvalue weighted by molar-refractivity contribution is -0.120. The van der Waals surface area contributed by atoms with Gasteiger partial charge in [-0.25, -0.2) is 4.98 Å². The van der Waals surface area contributed by atoms with Crippen molar-refractivity contribution in [1.29, 1.82) is 0 Å². The first kappa shape index (κ1) is 18.1. The predicted octanol–water partition coefficient (Wildman–Crippen LogP) is 3.22. The summed E-state index contributed by atoms with van der Waals surface area (Å²) in [6, 6.07) is 5.50. The lowest BCUT2D eigenvalue weighted by Gasteiger charge is -2.10. The fraction of sp³-hybridized carbons (Fsp3) is 0.412. The number of benzene rings is 1. The minimum absolute atomic E-state index is 0.0143. The molecule has 0 aliphatic rings. The summed E-state index contributed by atoms with van der Waals surface area (Å²) in [5.41, 5.74) is 1.51. The number of hydrogen-bond donors (Lipinski definition) is 2. The van der Waals surface area contributed by atoms with E-state index in [1.165, 1.54) is 11.3 Å². The minimum Gasteiger partial charge on any atom is -0.497 e. The number of hydrogen-bond acceptors (Lipinski definition) is 6. The Labute approximate surface area is 146 Å². The molecule has 2 rings (SSSR count). The molecule has 0 aliphatic carbocycles. The SMILES string of the molecule is COc1ccc(OC)c(Nc2nc(CC(=O)NCC(C)C)cs2)c1. The van der Waals surface area contributed by atoms with E-state index in [0.717, 1.165) is 17.1 Å². The van der Waals surface area contributed by atoms with Gasteiger partial charge in [0.25, 0.3) is 0 Å². The second kappa shape index (κ2) is 8.54. The van der Waals surface area contributed by atoms with Gasteiger partial charge in [-0.15, -0.1) is 11.3 Å². The minimum atomic E-state index is -0.0143. The molecule has 0 fully saturated rings. The summed E-state index contributed by atoms with van der Waals surface area (Å²) in [6.45, 7) is 4.80. The number of carbonyl (C=O) groups excluding carboxylic acids is 1.